The number of aryl methyl sites for hydroxylation is 1. The zero-order valence-corrected chi connectivity index (χ0v) is 20.0. The summed E-state index contributed by atoms with van der Waals surface area (Å²) in [7, 11) is 1.30. The number of halogens is 6. The largest absolute Gasteiger partial charge is 0.416 e. The zero-order valence-electron chi connectivity index (χ0n) is 20.0. The Bertz CT molecular complexity index is 1160. The van der Waals surface area contributed by atoms with Gasteiger partial charge < -0.3 is 15.5 Å². The predicted octanol–water partition coefficient (Wildman–Crippen LogP) is 4.11. The number of carbonyl (C=O) groups excluding carboxylic acids is 3. The van der Waals surface area contributed by atoms with Crippen LogP contribution in [0.1, 0.15) is 40.2 Å². The Morgan fingerprint density at radius 3 is 2.11 bits per heavy atom. The van der Waals surface area contributed by atoms with Crippen molar-refractivity contribution in [2.24, 2.45) is 11.7 Å². The van der Waals surface area contributed by atoms with Gasteiger partial charge in [-0.1, -0.05) is 29.8 Å². The van der Waals surface area contributed by atoms with E-state index in [2.05, 4.69) is 0 Å². The molecule has 1 saturated heterocycles. The summed E-state index contributed by atoms with van der Waals surface area (Å²) in [5, 5.41) is 0. The number of hydrogen-bond donors (Lipinski definition) is 1. The first-order valence-corrected chi connectivity index (χ1v) is 11.3. The average molecular weight is 529 g/mol. The quantitative estimate of drug-likeness (QED) is 0.478. The molecule has 2 unspecified atom stereocenters. The number of likely N-dealkylation sites (tertiary alicyclic amines) is 1. The van der Waals surface area contributed by atoms with Gasteiger partial charge in [0.25, 0.3) is 0 Å². The number of carbonyl (C=O) groups is 3. The Hall–Kier alpha value is -3.57. The summed E-state index contributed by atoms with van der Waals surface area (Å²) >= 11 is 0. The van der Waals surface area contributed by atoms with E-state index in [1.165, 1.54) is 11.9 Å². The molecule has 6 nitrogen and oxygen atoms in total. The maximum absolute atomic E-state index is 13.4. The van der Waals surface area contributed by atoms with Crippen molar-refractivity contribution in [2.45, 2.75) is 38.2 Å². The van der Waals surface area contributed by atoms with Crippen LogP contribution in [0.15, 0.2) is 42.5 Å². The van der Waals surface area contributed by atoms with Crippen LogP contribution in [-0.2, 0) is 33.3 Å². The molecule has 0 spiro atoms. The summed E-state index contributed by atoms with van der Waals surface area (Å²) in [6, 6.07) is 8.35. The molecule has 1 fully saturated rings. The lowest BCUT2D eigenvalue weighted by Gasteiger charge is -2.39. The predicted molar refractivity (Wildman–Crippen MR) is 121 cm³/mol. The van der Waals surface area contributed by atoms with E-state index in [9.17, 15) is 40.7 Å². The minimum atomic E-state index is -5.01. The van der Waals surface area contributed by atoms with Gasteiger partial charge >= 0.3 is 24.2 Å². The number of nitrogens with two attached hydrogens (primary N) is 1. The van der Waals surface area contributed by atoms with Crippen LogP contribution in [0.25, 0.3) is 0 Å². The molecule has 0 bridgehead atoms. The van der Waals surface area contributed by atoms with Gasteiger partial charge in [-0.3, -0.25) is 14.4 Å². The van der Waals surface area contributed by atoms with Crippen molar-refractivity contribution < 1.29 is 40.7 Å². The molecule has 3 rings (SSSR count). The molecule has 2 aromatic carbocycles. The van der Waals surface area contributed by atoms with E-state index < -0.39 is 59.6 Å². The van der Waals surface area contributed by atoms with Gasteiger partial charge in [0.15, 0.2) is 0 Å². The number of amides is 3. The third-order valence-corrected chi connectivity index (χ3v) is 6.34. The van der Waals surface area contributed by atoms with Gasteiger partial charge in [-0.25, -0.2) is 0 Å². The molecule has 1 aliphatic rings. The van der Waals surface area contributed by atoms with E-state index >= 15 is 0 Å². The summed E-state index contributed by atoms with van der Waals surface area (Å²) in [5.74, 6) is -3.87. The number of rotatable bonds is 4. The van der Waals surface area contributed by atoms with Crippen LogP contribution in [0.5, 0.6) is 0 Å². The van der Waals surface area contributed by atoms with Crippen molar-refractivity contribution >= 4 is 17.7 Å². The number of piperidine rings is 1. The van der Waals surface area contributed by atoms with E-state index in [-0.39, 0.29) is 31.1 Å². The molecule has 1 aliphatic heterocycles. The fourth-order valence-corrected chi connectivity index (χ4v) is 4.57. The lowest BCUT2D eigenvalue weighted by molar-refractivity contribution is -0.147. The summed E-state index contributed by atoms with van der Waals surface area (Å²) in [6.45, 7) is 1.37. The van der Waals surface area contributed by atoms with Crippen LogP contribution in [0.3, 0.4) is 0 Å². The standard InChI is InChI=1S/C25H25F6N3O3/c1-14-4-3-5-16(8-14)20-13-34(23(37)21(32)35)7-6-19(20)22(36)33(2)12-15-9-17(24(26,27)28)11-18(10-15)25(29,30)31/h3-5,8-11,19-20H,6-7,12-13H2,1-2H3,(H2,32,35). The molecule has 0 saturated carbocycles. The van der Waals surface area contributed by atoms with Crippen molar-refractivity contribution in [3.8, 4) is 0 Å². The third-order valence-electron chi connectivity index (χ3n) is 6.34. The second-order valence-corrected chi connectivity index (χ2v) is 9.14. The fourth-order valence-electron chi connectivity index (χ4n) is 4.57. The fraction of sp³-hybridized carbons (Fsp3) is 0.400. The van der Waals surface area contributed by atoms with Gasteiger partial charge in [-0.15, -0.1) is 0 Å². The van der Waals surface area contributed by atoms with Gasteiger partial charge in [0.05, 0.1) is 11.1 Å². The first-order valence-electron chi connectivity index (χ1n) is 11.3. The number of primary amides is 1. The van der Waals surface area contributed by atoms with Crippen molar-refractivity contribution in [2.75, 3.05) is 20.1 Å². The third kappa shape index (κ3) is 6.60. The highest BCUT2D eigenvalue weighted by molar-refractivity contribution is 6.34. The van der Waals surface area contributed by atoms with Gasteiger partial charge in [-0.2, -0.15) is 26.3 Å². The van der Waals surface area contributed by atoms with Gasteiger partial charge in [0, 0.05) is 38.5 Å². The Kier molecular flexibility index (Phi) is 7.89. The lowest BCUT2D eigenvalue weighted by atomic mass is 9.79. The molecule has 0 aliphatic carbocycles. The zero-order chi connectivity index (χ0) is 27.7. The number of hydrogen-bond acceptors (Lipinski definition) is 3. The average Bonchev–Trinajstić information content (AvgIpc) is 2.81. The summed E-state index contributed by atoms with van der Waals surface area (Å²) in [6.07, 6.45) is -9.89. The molecular weight excluding hydrogens is 504 g/mol. The number of alkyl halides is 6. The van der Waals surface area contributed by atoms with E-state index in [1.54, 1.807) is 12.1 Å². The maximum Gasteiger partial charge on any atom is 0.416 e. The van der Waals surface area contributed by atoms with Crippen LogP contribution in [0.2, 0.25) is 0 Å². The molecule has 2 N–H and O–H groups in total. The summed E-state index contributed by atoms with van der Waals surface area (Å²) < 4.78 is 79.4. The molecule has 0 aromatic heterocycles. The highest BCUT2D eigenvalue weighted by atomic mass is 19.4. The molecule has 0 radical (unpaired) electrons. The van der Waals surface area contributed by atoms with Gasteiger partial charge in [0.1, 0.15) is 0 Å². The lowest BCUT2D eigenvalue weighted by Crippen LogP contribution is -2.50. The normalized spacial score (nSPS) is 18.4. The van der Waals surface area contributed by atoms with Crippen LogP contribution in [0.4, 0.5) is 26.3 Å². The van der Waals surface area contributed by atoms with E-state index in [1.807, 2.05) is 19.1 Å². The monoisotopic (exact) mass is 529 g/mol. The Morgan fingerprint density at radius 1 is 1.00 bits per heavy atom. The summed E-state index contributed by atoms with van der Waals surface area (Å²) in [5.41, 5.74) is 3.44. The Morgan fingerprint density at radius 2 is 1.59 bits per heavy atom. The van der Waals surface area contributed by atoms with Crippen LogP contribution in [-0.4, -0.2) is 47.7 Å². The number of benzene rings is 2. The second-order valence-electron chi connectivity index (χ2n) is 9.14. The SMILES string of the molecule is Cc1cccc(C2CN(C(=O)C(N)=O)CCC2C(=O)N(C)Cc2cc(C(F)(F)F)cc(C(F)(F)F)c2)c1. The van der Waals surface area contributed by atoms with E-state index in [0.29, 0.717) is 17.7 Å². The first-order chi connectivity index (χ1) is 17.1. The van der Waals surface area contributed by atoms with Crippen LogP contribution in [0, 0.1) is 12.8 Å². The Balaban J connectivity index is 1.91. The highest BCUT2D eigenvalue weighted by Crippen LogP contribution is 2.38. The molecule has 2 aromatic rings. The maximum atomic E-state index is 13.4. The van der Waals surface area contributed by atoms with Gasteiger partial charge in [-0.05, 0) is 42.7 Å². The van der Waals surface area contributed by atoms with E-state index in [0.717, 1.165) is 10.5 Å². The van der Waals surface area contributed by atoms with Gasteiger partial charge in [0.2, 0.25) is 5.91 Å². The van der Waals surface area contributed by atoms with Crippen molar-refractivity contribution in [3.05, 3.63) is 70.3 Å². The molecular formula is C25H25F6N3O3. The minimum absolute atomic E-state index is 0.00272. The highest BCUT2D eigenvalue weighted by Gasteiger charge is 2.40. The van der Waals surface area contributed by atoms with Crippen molar-refractivity contribution in [1.82, 2.24) is 9.80 Å². The topological polar surface area (TPSA) is 83.7 Å². The Labute approximate surface area is 209 Å². The van der Waals surface area contributed by atoms with E-state index in [4.69, 9.17) is 5.73 Å². The smallest absolute Gasteiger partial charge is 0.361 e. The molecule has 2 atom stereocenters. The molecule has 1 heterocycles. The molecule has 3 amide bonds. The van der Waals surface area contributed by atoms with Crippen molar-refractivity contribution in [1.29, 1.82) is 0 Å². The van der Waals surface area contributed by atoms with Crippen LogP contribution >= 0.6 is 0 Å². The second kappa shape index (κ2) is 10.4. The number of nitrogens with zero attached hydrogens (tertiary/aromatic N) is 2. The molecule has 37 heavy (non-hydrogen) atoms. The summed E-state index contributed by atoms with van der Waals surface area (Å²) in [4.78, 5) is 39.4. The molecule has 12 heteroatoms. The van der Waals surface area contributed by atoms with Crippen molar-refractivity contribution in [3.63, 3.8) is 0 Å². The molecule has 200 valence electrons. The first kappa shape index (κ1) is 28.0. The minimum Gasteiger partial charge on any atom is -0.361 e. The van der Waals surface area contributed by atoms with Crippen LogP contribution < -0.4 is 5.73 Å².